The smallest absolute Gasteiger partial charge is 0.396 e. The van der Waals surface area contributed by atoms with Crippen LogP contribution in [0.4, 0.5) is 13.2 Å². The minimum Gasteiger partial charge on any atom is -0.396 e. The molecule has 8 heteroatoms. The number of aliphatic hydroxyl groups excluding tert-OH is 1. The lowest BCUT2D eigenvalue weighted by molar-refractivity contribution is -0.137. The number of nitrogens with one attached hydrogen (secondary N) is 2. The van der Waals surface area contributed by atoms with Gasteiger partial charge in [-0.15, -0.1) is 0 Å². The van der Waals surface area contributed by atoms with Crippen molar-refractivity contribution >= 4 is 11.8 Å². The van der Waals surface area contributed by atoms with Gasteiger partial charge in [0.05, 0.1) is 12.1 Å². The van der Waals surface area contributed by atoms with E-state index in [0.717, 1.165) is 24.3 Å². The number of halogens is 3. The average Bonchev–Trinajstić information content (AvgIpc) is 2.44. The Morgan fingerprint density at radius 1 is 1.23 bits per heavy atom. The van der Waals surface area contributed by atoms with Crippen LogP contribution in [0.25, 0.3) is 0 Å². The van der Waals surface area contributed by atoms with Crippen molar-refractivity contribution in [3.63, 3.8) is 0 Å². The van der Waals surface area contributed by atoms with Gasteiger partial charge in [-0.25, -0.2) is 0 Å². The van der Waals surface area contributed by atoms with E-state index >= 15 is 0 Å². The maximum Gasteiger partial charge on any atom is 0.416 e. The van der Waals surface area contributed by atoms with Gasteiger partial charge in [0.15, 0.2) is 0 Å². The molecule has 1 aromatic rings. The summed E-state index contributed by atoms with van der Waals surface area (Å²) in [6, 6.07) is 3.46. The fourth-order valence-electron chi connectivity index (χ4n) is 1.66. The second-order valence-electron chi connectivity index (χ2n) is 4.74. The van der Waals surface area contributed by atoms with Crippen molar-refractivity contribution in [3.8, 4) is 0 Å². The minimum atomic E-state index is -4.46. The van der Waals surface area contributed by atoms with E-state index in [2.05, 4.69) is 10.6 Å². The summed E-state index contributed by atoms with van der Waals surface area (Å²) in [7, 11) is 0. The van der Waals surface area contributed by atoms with Gasteiger partial charge in [0, 0.05) is 18.2 Å². The lowest BCUT2D eigenvalue weighted by atomic mass is 10.1. The number of hydrogen-bond donors (Lipinski definition) is 3. The van der Waals surface area contributed by atoms with Crippen molar-refractivity contribution in [1.82, 2.24) is 10.6 Å². The number of alkyl halides is 3. The fraction of sp³-hybridized carbons (Fsp3) is 0.429. The second kappa shape index (κ2) is 7.79. The standard InChI is InChI=1S/C14H17F3N2O3/c1-9(6-7-20)19-12(21)8-18-13(22)10-2-4-11(5-3-10)14(15,16)17/h2-5,9,20H,6-8H2,1H3,(H,18,22)(H,19,21). The van der Waals surface area contributed by atoms with Crippen molar-refractivity contribution in [2.45, 2.75) is 25.6 Å². The minimum absolute atomic E-state index is 0.0317. The lowest BCUT2D eigenvalue weighted by Crippen LogP contribution is -2.41. The molecule has 1 rings (SSSR count). The number of carbonyl (C=O) groups excluding carboxylic acids is 2. The lowest BCUT2D eigenvalue weighted by Gasteiger charge is -2.13. The van der Waals surface area contributed by atoms with Crippen LogP contribution in [-0.2, 0) is 11.0 Å². The molecule has 3 N–H and O–H groups in total. The summed E-state index contributed by atoms with van der Waals surface area (Å²) in [6.45, 7) is 1.33. The van der Waals surface area contributed by atoms with Crippen LogP contribution in [0.3, 0.4) is 0 Å². The zero-order valence-electron chi connectivity index (χ0n) is 11.9. The maximum atomic E-state index is 12.4. The molecule has 0 aliphatic heterocycles. The van der Waals surface area contributed by atoms with Gasteiger partial charge >= 0.3 is 6.18 Å². The molecule has 0 aromatic heterocycles. The van der Waals surface area contributed by atoms with E-state index in [1.165, 1.54) is 0 Å². The summed E-state index contributed by atoms with van der Waals surface area (Å²) in [5, 5.41) is 13.6. The first-order valence-corrected chi connectivity index (χ1v) is 6.59. The highest BCUT2D eigenvalue weighted by Crippen LogP contribution is 2.28. The summed E-state index contributed by atoms with van der Waals surface area (Å²) in [5.41, 5.74) is -0.816. The van der Waals surface area contributed by atoms with Crippen LogP contribution >= 0.6 is 0 Å². The summed E-state index contributed by atoms with van der Waals surface area (Å²) in [5.74, 6) is -1.08. The van der Waals surface area contributed by atoms with E-state index in [4.69, 9.17) is 5.11 Å². The van der Waals surface area contributed by atoms with Crippen LogP contribution in [0, 0.1) is 0 Å². The molecule has 0 spiro atoms. The Morgan fingerprint density at radius 2 is 1.82 bits per heavy atom. The van der Waals surface area contributed by atoms with Crippen molar-refractivity contribution in [2.75, 3.05) is 13.2 Å². The number of hydrogen-bond acceptors (Lipinski definition) is 3. The molecule has 0 fully saturated rings. The molecule has 1 aromatic carbocycles. The van der Waals surface area contributed by atoms with Gasteiger partial charge in [0.1, 0.15) is 0 Å². The Morgan fingerprint density at radius 3 is 2.32 bits per heavy atom. The van der Waals surface area contributed by atoms with Crippen molar-refractivity contribution in [3.05, 3.63) is 35.4 Å². The highest BCUT2D eigenvalue weighted by molar-refractivity contribution is 5.96. The molecule has 1 unspecified atom stereocenters. The summed E-state index contributed by atoms with van der Waals surface area (Å²) < 4.78 is 37.2. The molecule has 0 heterocycles. The third-order valence-corrected chi connectivity index (χ3v) is 2.85. The second-order valence-corrected chi connectivity index (χ2v) is 4.74. The number of carbonyl (C=O) groups is 2. The molecule has 0 bridgehead atoms. The molecular formula is C14H17F3N2O3. The Hall–Kier alpha value is -2.09. The molecule has 0 aliphatic rings. The number of benzene rings is 1. The van der Waals surface area contributed by atoms with E-state index in [1.807, 2.05) is 0 Å². The monoisotopic (exact) mass is 318 g/mol. The molecule has 1 atom stereocenters. The number of aliphatic hydroxyl groups is 1. The largest absolute Gasteiger partial charge is 0.416 e. The van der Waals surface area contributed by atoms with E-state index in [0.29, 0.717) is 6.42 Å². The van der Waals surface area contributed by atoms with E-state index in [-0.39, 0.29) is 24.8 Å². The predicted octanol–water partition coefficient (Wildman–Crippen LogP) is 1.32. The third-order valence-electron chi connectivity index (χ3n) is 2.85. The molecular weight excluding hydrogens is 301 g/mol. The number of amides is 2. The summed E-state index contributed by atoms with van der Waals surface area (Å²) in [4.78, 5) is 23.2. The first kappa shape index (κ1) is 18.0. The van der Waals surface area contributed by atoms with Gasteiger partial charge in [0.25, 0.3) is 5.91 Å². The van der Waals surface area contributed by atoms with Gasteiger partial charge < -0.3 is 15.7 Å². The van der Waals surface area contributed by atoms with Crippen molar-refractivity contribution < 1.29 is 27.9 Å². The molecule has 0 saturated heterocycles. The van der Waals surface area contributed by atoms with Crippen LogP contribution < -0.4 is 10.6 Å². The molecule has 2 amide bonds. The normalized spacial score (nSPS) is 12.6. The SMILES string of the molecule is CC(CCO)NC(=O)CNC(=O)c1ccc(C(F)(F)F)cc1. The summed E-state index contributed by atoms with van der Waals surface area (Å²) >= 11 is 0. The van der Waals surface area contributed by atoms with Crippen molar-refractivity contribution in [1.29, 1.82) is 0 Å². The number of rotatable bonds is 6. The fourth-order valence-corrected chi connectivity index (χ4v) is 1.66. The first-order chi connectivity index (χ1) is 10.2. The molecule has 122 valence electrons. The van der Waals surface area contributed by atoms with E-state index < -0.39 is 23.6 Å². The molecule has 0 aliphatic carbocycles. The first-order valence-electron chi connectivity index (χ1n) is 6.59. The quantitative estimate of drug-likeness (QED) is 0.740. The van der Waals surface area contributed by atoms with Crippen LogP contribution in [0.1, 0.15) is 29.3 Å². The molecule has 0 radical (unpaired) electrons. The van der Waals surface area contributed by atoms with Crippen LogP contribution in [-0.4, -0.2) is 36.1 Å². The summed E-state index contributed by atoms with van der Waals surface area (Å²) in [6.07, 6.45) is -4.07. The highest BCUT2D eigenvalue weighted by Gasteiger charge is 2.30. The van der Waals surface area contributed by atoms with Crippen LogP contribution in [0.5, 0.6) is 0 Å². The molecule has 0 saturated carbocycles. The average molecular weight is 318 g/mol. The van der Waals surface area contributed by atoms with E-state index in [1.54, 1.807) is 6.92 Å². The molecule has 22 heavy (non-hydrogen) atoms. The highest BCUT2D eigenvalue weighted by atomic mass is 19.4. The van der Waals surface area contributed by atoms with Crippen molar-refractivity contribution in [2.24, 2.45) is 0 Å². The van der Waals surface area contributed by atoms with Gasteiger partial charge in [-0.1, -0.05) is 0 Å². The van der Waals surface area contributed by atoms with Gasteiger partial charge in [-0.05, 0) is 37.6 Å². The van der Waals surface area contributed by atoms with E-state index in [9.17, 15) is 22.8 Å². The maximum absolute atomic E-state index is 12.4. The molecule has 5 nitrogen and oxygen atoms in total. The van der Waals surface area contributed by atoms with Gasteiger partial charge in [-0.3, -0.25) is 9.59 Å². The topological polar surface area (TPSA) is 78.4 Å². The Kier molecular flexibility index (Phi) is 6.36. The van der Waals surface area contributed by atoms with Crippen LogP contribution in [0.2, 0.25) is 0 Å². The zero-order valence-corrected chi connectivity index (χ0v) is 11.9. The Bertz CT molecular complexity index is 515. The zero-order chi connectivity index (χ0) is 16.8. The Balaban J connectivity index is 2.50. The predicted molar refractivity (Wildman–Crippen MR) is 73.1 cm³/mol. The van der Waals surface area contributed by atoms with Gasteiger partial charge in [-0.2, -0.15) is 13.2 Å². The van der Waals surface area contributed by atoms with Gasteiger partial charge in [0.2, 0.25) is 5.91 Å². The Labute approximate surface area is 125 Å². The van der Waals surface area contributed by atoms with Crippen LogP contribution in [0.15, 0.2) is 24.3 Å². The third kappa shape index (κ3) is 5.72.